The van der Waals surface area contributed by atoms with Gasteiger partial charge in [-0.3, -0.25) is 0 Å². The van der Waals surface area contributed by atoms with Gasteiger partial charge in [0.1, 0.15) is 17.3 Å². The summed E-state index contributed by atoms with van der Waals surface area (Å²) < 4.78 is 33.0. The molecule has 0 atom stereocenters. The van der Waals surface area contributed by atoms with E-state index in [4.69, 9.17) is 0 Å². The number of fused-ring (bicyclic) bond motifs is 7. The van der Waals surface area contributed by atoms with E-state index < -0.39 is 11.6 Å². The van der Waals surface area contributed by atoms with Crippen LogP contribution in [0.4, 0.5) is 25.8 Å². The van der Waals surface area contributed by atoms with Crippen LogP contribution in [0.2, 0.25) is 0 Å². The van der Waals surface area contributed by atoms with Gasteiger partial charge in [0.25, 0.3) is 6.71 Å². The first-order valence-electron chi connectivity index (χ1n) is 12.1. The van der Waals surface area contributed by atoms with Gasteiger partial charge in [0.2, 0.25) is 0 Å². The van der Waals surface area contributed by atoms with Crippen LogP contribution in [-0.2, 0) is 0 Å². The summed E-state index contributed by atoms with van der Waals surface area (Å²) in [7, 11) is 0. The van der Waals surface area contributed by atoms with Crippen LogP contribution in [0.3, 0.4) is 0 Å². The largest absolute Gasteiger partial charge is 0.310 e. The molecule has 8 rings (SSSR count). The number of aryl methyl sites for hydroxylation is 1. The molecule has 170 valence electrons. The predicted molar refractivity (Wildman–Crippen MR) is 145 cm³/mol. The van der Waals surface area contributed by atoms with Crippen molar-refractivity contribution in [3.63, 3.8) is 0 Å². The molecule has 0 aliphatic carbocycles. The van der Waals surface area contributed by atoms with Crippen LogP contribution in [-0.4, -0.2) is 11.3 Å². The summed E-state index contributed by atoms with van der Waals surface area (Å²) in [6, 6.07) is 31.3. The maximum absolute atomic E-state index is 15.3. The zero-order valence-corrected chi connectivity index (χ0v) is 19.5. The summed E-state index contributed by atoms with van der Waals surface area (Å²) in [6.45, 7) is 2.00. The first kappa shape index (κ1) is 19.9. The van der Waals surface area contributed by atoms with Gasteiger partial charge >= 0.3 is 0 Å². The smallest absolute Gasteiger partial charge is 0.252 e. The minimum Gasteiger partial charge on any atom is -0.310 e. The molecule has 5 heteroatoms. The van der Waals surface area contributed by atoms with E-state index >= 15 is 8.78 Å². The first-order valence-corrected chi connectivity index (χ1v) is 12.1. The van der Waals surface area contributed by atoms with Gasteiger partial charge in [-0.25, -0.2) is 8.78 Å². The monoisotopic (exact) mass is 468 g/mol. The fourth-order valence-electron chi connectivity index (χ4n) is 6.44. The highest BCUT2D eigenvalue weighted by Crippen LogP contribution is 2.43. The molecule has 0 amide bonds. The maximum Gasteiger partial charge on any atom is 0.252 e. The minimum absolute atomic E-state index is 0.0432. The summed E-state index contributed by atoms with van der Waals surface area (Å²) >= 11 is 0. The number of hydrogen-bond donors (Lipinski definition) is 0. The number of anilines is 3. The molecule has 36 heavy (non-hydrogen) atoms. The first-order chi connectivity index (χ1) is 17.6. The Morgan fingerprint density at radius 2 is 1.31 bits per heavy atom. The van der Waals surface area contributed by atoms with Crippen LogP contribution >= 0.6 is 0 Å². The van der Waals surface area contributed by atoms with E-state index in [2.05, 4.69) is 65.2 Å². The number of hydrogen-bond acceptors (Lipinski definition) is 1. The Kier molecular flexibility index (Phi) is 3.78. The van der Waals surface area contributed by atoms with Gasteiger partial charge in [-0.2, -0.15) is 0 Å². The Hall–Kier alpha value is -4.38. The van der Waals surface area contributed by atoms with Crippen molar-refractivity contribution >= 4 is 62.0 Å². The molecule has 5 aromatic carbocycles. The van der Waals surface area contributed by atoms with Crippen molar-refractivity contribution in [2.24, 2.45) is 0 Å². The van der Waals surface area contributed by atoms with Crippen molar-refractivity contribution in [2.45, 2.75) is 6.92 Å². The predicted octanol–water partition coefficient (Wildman–Crippen LogP) is 5.98. The molecular formula is C31H19BF2N2. The highest BCUT2D eigenvalue weighted by atomic mass is 19.1. The summed E-state index contributed by atoms with van der Waals surface area (Å²) in [6.07, 6.45) is 0. The lowest BCUT2D eigenvalue weighted by molar-refractivity contribution is 0.586. The molecule has 2 nitrogen and oxygen atoms in total. The number of rotatable bonds is 1. The molecule has 2 aliphatic rings. The number of nitrogens with zero attached hydrogens (tertiary/aromatic N) is 2. The molecule has 3 heterocycles. The average Bonchev–Trinajstić information content (AvgIpc) is 3.23. The third-order valence-electron chi connectivity index (χ3n) is 7.74. The molecule has 0 saturated heterocycles. The van der Waals surface area contributed by atoms with E-state index in [0.717, 1.165) is 39.1 Å². The SMILES string of the molecule is Cc1cc2c3c(c1)-n1c4ccccc4c4cccc(c41)B3c1ccccc1N2c1c(F)cccc1F. The molecule has 1 aromatic heterocycles. The lowest BCUT2D eigenvalue weighted by Gasteiger charge is -2.40. The highest BCUT2D eigenvalue weighted by molar-refractivity contribution is 7.00. The normalized spacial score (nSPS) is 13.3. The van der Waals surface area contributed by atoms with Crippen LogP contribution in [0, 0.1) is 18.6 Å². The topological polar surface area (TPSA) is 8.17 Å². The molecule has 0 unspecified atom stereocenters. The van der Waals surface area contributed by atoms with Crippen molar-refractivity contribution in [1.29, 1.82) is 0 Å². The molecule has 0 saturated carbocycles. The van der Waals surface area contributed by atoms with E-state index in [-0.39, 0.29) is 12.4 Å². The average molecular weight is 468 g/mol. The van der Waals surface area contributed by atoms with E-state index in [9.17, 15) is 0 Å². The van der Waals surface area contributed by atoms with Gasteiger partial charge in [0.05, 0.1) is 5.52 Å². The van der Waals surface area contributed by atoms with E-state index in [0.29, 0.717) is 0 Å². The fraction of sp³-hybridized carbons (Fsp3) is 0.0323. The molecule has 0 spiro atoms. The summed E-state index contributed by atoms with van der Waals surface area (Å²) in [5.74, 6) is -1.16. The molecule has 0 N–H and O–H groups in total. The Morgan fingerprint density at radius 1 is 0.639 bits per heavy atom. The zero-order chi connectivity index (χ0) is 24.1. The van der Waals surface area contributed by atoms with Crippen molar-refractivity contribution in [1.82, 2.24) is 4.57 Å². The van der Waals surface area contributed by atoms with Crippen LogP contribution in [0.5, 0.6) is 0 Å². The summed E-state index contributed by atoms with van der Waals surface area (Å²) in [5.41, 5.74) is 9.34. The van der Waals surface area contributed by atoms with Gasteiger partial charge < -0.3 is 9.47 Å². The van der Waals surface area contributed by atoms with Crippen LogP contribution in [0.25, 0.3) is 27.5 Å². The van der Waals surface area contributed by atoms with Crippen molar-refractivity contribution in [2.75, 3.05) is 4.90 Å². The molecule has 6 aromatic rings. The Morgan fingerprint density at radius 3 is 2.17 bits per heavy atom. The number of para-hydroxylation sites is 4. The molecule has 0 bridgehead atoms. The second-order valence-corrected chi connectivity index (χ2v) is 9.71. The number of aromatic nitrogens is 1. The second kappa shape index (κ2) is 6.85. The fourth-order valence-corrected chi connectivity index (χ4v) is 6.44. The Bertz CT molecular complexity index is 1890. The standard InChI is InChI=1S/C31H19BF2N2/c1-18-16-27-29-28(17-18)36(31-23(33)12-7-13-24(31)34)26-15-5-3-10-21(26)32(29)22-11-6-9-20-19-8-2-4-14-25(19)35(27)30(20)22/h2-17H,1H3. The van der Waals surface area contributed by atoms with E-state index in [1.807, 2.05) is 25.1 Å². The quantitative estimate of drug-likeness (QED) is 0.269. The van der Waals surface area contributed by atoms with Crippen molar-refractivity contribution in [3.8, 4) is 5.69 Å². The highest BCUT2D eigenvalue weighted by Gasteiger charge is 2.42. The Labute approximate surface area is 207 Å². The number of benzene rings is 5. The van der Waals surface area contributed by atoms with Crippen molar-refractivity contribution < 1.29 is 8.78 Å². The minimum atomic E-state index is -0.580. The molecule has 0 fully saturated rings. The van der Waals surface area contributed by atoms with Gasteiger partial charge in [-0.05, 0) is 65.3 Å². The van der Waals surface area contributed by atoms with E-state index in [1.165, 1.54) is 40.0 Å². The van der Waals surface area contributed by atoms with E-state index in [1.54, 1.807) is 4.90 Å². The third kappa shape index (κ3) is 2.35. The van der Waals surface area contributed by atoms with Crippen LogP contribution in [0.1, 0.15) is 5.56 Å². The van der Waals surface area contributed by atoms with Crippen LogP contribution < -0.4 is 21.3 Å². The zero-order valence-electron chi connectivity index (χ0n) is 19.5. The second-order valence-electron chi connectivity index (χ2n) is 9.71. The van der Waals surface area contributed by atoms with Crippen LogP contribution in [0.15, 0.2) is 97.1 Å². The lowest BCUT2D eigenvalue weighted by atomic mass is 9.34. The van der Waals surface area contributed by atoms with Crippen molar-refractivity contribution in [3.05, 3.63) is 114 Å². The van der Waals surface area contributed by atoms with Gasteiger partial charge in [0.15, 0.2) is 0 Å². The maximum atomic E-state index is 15.3. The van der Waals surface area contributed by atoms with Gasteiger partial charge in [-0.1, -0.05) is 60.7 Å². The molecule has 0 radical (unpaired) electrons. The summed E-state index contributed by atoms with van der Waals surface area (Å²) in [5, 5.41) is 2.42. The Balaban J connectivity index is 1.60. The molecular weight excluding hydrogens is 449 g/mol. The third-order valence-corrected chi connectivity index (χ3v) is 7.74. The van der Waals surface area contributed by atoms with Gasteiger partial charge in [-0.15, -0.1) is 0 Å². The van der Waals surface area contributed by atoms with Gasteiger partial charge in [0, 0.05) is 33.4 Å². The lowest BCUT2D eigenvalue weighted by Crippen LogP contribution is -2.60. The molecule has 2 aliphatic heterocycles. The summed E-state index contributed by atoms with van der Waals surface area (Å²) in [4.78, 5) is 1.78. The number of halogens is 2.